The zero-order chi connectivity index (χ0) is 31.3. The summed E-state index contributed by atoms with van der Waals surface area (Å²) in [4.78, 5) is 23.0. The predicted octanol–water partition coefficient (Wildman–Crippen LogP) is 4.95. The standard InChI is InChI=1S/C25H32N4O4S.C2HF3O2/c1-7-29-19(5)21(18(4)26-29)12-13-28(6)23-11-10-20(15-22(23)25(30)31)27-34(32,33)24-14-16(2)8-9-17(24)3;3-2(4,5)1(6)7/h8-11,14-15,27H,7,12-13H2,1-6H3,(H,30,31);(H,6,7). The predicted molar refractivity (Wildman–Crippen MR) is 148 cm³/mol. The van der Waals surface area contributed by atoms with Crippen LogP contribution in [0.3, 0.4) is 0 Å². The Balaban J connectivity index is 0.000000745. The topological polar surface area (TPSA) is 142 Å². The molecular formula is C27H33F3N4O6S. The van der Waals surface area contributed by atoms with Crippen LogP contribution in [0.1, 0.15) is 45.4 Å². The van der Waals surface area contributed by atoms with Gasteiger partial charge in [-0.3, -0.25) is 9.40 Å². The molecule has 0 amide bonds. The second-order valence-corrected chi connectivity index (χ2v) is 11.0. The van der Waals surface area contributed by atoms with Gasteiger partial charge in [0.05, 0.1) is 21.8 Å². The third kappa shape index (κ3) is 8.46. The van der Waals surface area contributed by atoms with E-state index in [9.17, 15) is 31.5 Å². The number of rotatable bonds is 9. The van der Waals surface area contributed by atoms with Crippen molar-refractivity contribution >= 4 is 33.3 Å². The third-order valence-electron chi connectivity index (χ3n) is 6.29. The van der Waals surface area contributed by atoms with E-state index in [2.05, 4.69) is 9.82 Å². The second kappa shape index (κ2) is 13.1. The van der Waals surface area contributed by atoms with Gasteiger partial charge >= 0.3 is 18.1 Å². The van der Waals surface area contributed by atoms with Crippen LogP contribution in [0.2, 0.25) is 0 Å². The van der Waals surface area contributed by atoms with Crippen LogP contribution >= 0.6 is 0 Å². The molecule has 0 aliphatic rings. The van der Waals surface area contributed by atoms with E-state index in [0.717, 1.165) is 29.1 Å². The fourth-order valence-electron chi connectivity index (χ4n) is 4.11. The number of anilines is 2. The first-order chi connectivity index (χ1) is 18.9. The number of carboxylic acids is 2. The summed E-state index contributed by atoms with van der Waals surface area (Å²) in [6.07, 6.45) is -4.37. The van der Waals surface area contributed by atoms with E-state index in [-0.39, 0.29) is 16.1 Å². The quantitative estimate of drug-likeness (QED) is 0.314. The van der Waals surface area contributed by atoms with Gasteiger partial charge in [-0.05, 0) is 82.0 Å². The van der Waals surface area contributed by atoms with Crippen molar-refractivity contribution in [3.8, 4) is 0 Å². The smallest absolute Gasteiger partial charge is 0.478 e. The van der Waals surface area contributed by atoms with Crippen molar-refractivity contribution in [2.45, 2.75) is 58.7 Å². The number of nitrogens with one attached hydrogen (secondary N) is 1. The Kier molecular flexibility index (Phi) is 10.6. The summed E-state index contributed by atoms with van der Waals surface area (Å²) in [6, 6.07) is 9.78. The van der Waals surface area contributed by atoms with E-state index < -0.39 is 28.1 Å². The van der Waals surface area contributed by atoms with Gasteiger partial charge in [0.2, 0.25) is 0 Å². The van der Waals surface area contributed by atoms with Crippen LogP contribution in [0.25, 0.3) is 0 Å². The monoisotopic (exact) mass is 598 g/mol. The molecule has 0 radical (unpaired) electrons. The molecule has 3 N–H and O–H groups in total. The summed E-state index contributed by atoms with van der Waals surface area (Å²) >= 11 is 0. The lowest BCUT2D eigenvalue weighted by atomic mass is 10.1. The molecule has 0 saturated heterocycles. The lowest BCUT2D eigenvalue weighted by molar-refractivity contribution is -0.192. The van der Waals surface area contributed by atoms with Crippen molar-refractivity contribution in [3.63, 3.8) is 0 Å². The molecule has 14 heteroatoms. The van der Waals surface area contributed by atoms with Crippen LogP contribution in [-0.4, -0.2) is 60.1 Å². The summed E-state index contributed by atoms with van der Waals surface area (Å²) < 4.78 is 62.1. The van der Waals surface area contributed by atoms with Crippen LogP contribution in [0.5, 0.6) is 0 Å². The van der Waals surface area contributed by atoms with Crippen LogP contribution in [-0.2, 0) is 27.8 Å². The van der Waals surface area contributed by atoms with E-state index in [1.165, 1.54) is 6.07 Å². The first-order valence-corrected chi connectivity index (χ1v) is 13.9. The van der Waals surface area contributed by atoms with Crippen molar-refractivity contribution in [3.05, 3.63) is 70.0 Å². The van der Waals surface area contributed by atoms with Crippen LogP contribution < -0.4 is 9.62 Å². The van der Waals surface area contributed by atoms with Gasteiger partial charge in [0, 0.05) is 31.5 Å². The zero-order valence-corrected chi connectivity index (χ0v) is 24.3. The molecule has 0 aliphatic carbocycles. The Labute approximate surface area is 236 Å². The van der Waals surface area contributed by atoms with Gasteiger partial charge in [0.1, 0.15) is 0 Å². The number of aliphatic carboxylic acids is 1. The van der Waals surface area contributed by atoms with Gasteiger partial charge in [0.25, 0.3) is 10.0 Å². The normalized spacial score (nSPS) is 11.4. The molecule has 0 unspecified atom stereocenters. The zero-order valence-electron chi connectivity index (χ0n) is 23.5. The molecule has 0 atom stereocenters. The molecule has 1 heterocycles. The molecular weight excluding hydrogens is 565 g/mol. The summed E-state index contributed by atoms with van der Waals surface area (Å²) in [7, 11) is -2.03. The molecule has 3 aromatic rings. The highest BCUT2D eigenvalue weighted by Crippen LogP contribution is 2.27. The Morgan fingerprint density at radius 3 is 2.17 bits per heavy atom. The summed E-state index contributed by atoms with van der Waals surface area (Å²) in [5, 5.41) is 21.5. The van der Waals surface area contributed by atoms with Gasteiger partial charge in [0.15, 0.2) is 0 Å². The molecule has 0 spiro atoms. The Morgan fingerprint density at radius 1 is 1.05 bits per heavy atom. The number of carbonyl (C=O) groups is 2. The Morgan fingerprint density at radius 2 is 1.66 bits per heavy atom. The molecule has 41 heavy (non-hydrogen) atoms. The fourth-order valence-corrected chi connectivity index (χ4v) is 5.49. The minimum atomic E-state index is -5.08. The maximum atomic E-state index is 12.9. The number of nitrogens with zero attached hydrogens (tertiary/aromatic N) is 3. The highest BCUT2D eigenvalue weighted by molar-refractivity contribution is 7.92. The molecule has 0 aliphatic heterocycles. The Hall–Kier alpha value is -4.07. The van der Waals surface area contributed by atoms with E-state index in [1.54, 1.807) is 31.2 Å². The van der Waals surface area contributed by atoms with Gasteiger partial charge in [-0.1, -0.05) is 12.1 Å². The molecule has 0 bridgehead atoms. The summed E-state index contributed by atoms with van der Waals surface area (Å²) in [5.41, 5.74) is 5.43. The number of sulfonamides is 1. The number of hydrogen-bond donors (Lipinski definition) is 3. The molecule has 2 aromatic carbocycles. The number of carboxylic acid groups (broad SMARTS) is 2. The van der Waals surface area contributed by atoms with Crippen molar-refractivity contribution in [2.24, 2.45) is 0 Å². The van der Waals surface area contributed by atoms with Crippen molar-refractivity contribution in [1.29, 1.82) is 0 Å². The highest BCUT2D eigenvalue weighted by atomic mass is 32.2. The molecule has 224 valence electrons. The summed E-state index contributed by atoms with van der Waals surface area (Å²) in [6.45, 7) is 11.0. The molecule has 1 aromatic heterocycles. The summed E-state index contributed by atoms with van der Waals surface area (Å²) in [5.74, 6) is -3.88. The maximum absolute atomic E-state index is 12.9. The third-order valence-corrected chi connectivity index (χ3v) is 7.82. The first kappa shape index (κ1) is 33.1. The van der Waals surface area contributed by atoms with Crippen LogP contribution in [0.4, 0.5) is 24.5 Å². The number of halogens is 3. The van der Waals surface area contributed by atoms with Crippen molar-refractivity contribution < 1.29 is 41.4 Å². The number of likely N-dealkylation sites (N-methyl/N-ethyl adjacent to an activating group) is 1. The lowest BCUT2D eigenvalue weighted by Gasteiger charge is -2.22. The first-order valence-electron chi connectivity index (χ1n) is 12.4. The number of alkyl halides is 3. The van der Waals surface area contributed by atoms with E-state index in [1.807, 2.05) is 50.4 Å². The van der Waals surface area contributed by atoms with Gasteiger partial charge in [-0.2, -0.15) is 18.3 Å². The van der Waals surface area contributed by atoms with Crippen molar-refractivity contribution in [2.75, 3.05) is 23.2 Å². The number of hydrogen-bond acceptors (Lipinski definition) is 6. The lowest BCUT2D eigenvalue weighted by Crippen LogP contribution is -2.23. The van der Waals surface area contributed by atoms with Gasteiger partial charge in [-0.15, -0.1) is 0 Å². The van der Waals surface area contributed by atoms with E-state index in [4.69, 9.17) is 9.90 Å². The maximum Gasteiger partial charge on any atom is 0.490 e. The fraction of sp³-hybridized carbons (Fsp3) is 0.370. The minimum absolute atomic E-state index is 0.0290. The number of benzene rings is 2. The van der Waals surface area contributed by atoms with Crippen molar-refractivity contribution in [1.82, 2.24) is 9.78 Å². The van der Waals surface area contributed by atoms with E-state index >= 15 is 0 Å². The van der Waals surface area contributed by atoms with E-state index in [0.29, 0.717) is 24.2 Å². The molecule has 0 fully saturated rings. The highest BCUT2D eigenvalue weighted by Gasteiger charge is 2.38. The molecule has 10 nitrogen and oxygen atoms in total. The molecule has 0 saturated carbocycles. The van der Waals surface area contributed by atoms with Crippen LogP contribution in [0, 0.1) is 27.7 Å². The second-order valence-electron chi connectivity index (χ2n) is 9.35. The van der Waals surface area contributed by atoms with Crippen LogP contribution in [0.15, 0.2) is 41.3 Å². The Bertz CT molecular complexity index is 1530. The van der Waals surface area contributed by atoms with Gasteiger partial charge in [-0.25, -0.2) is 18.0 Å². The number of aryl methyl sites for hydroxylation is 4. The largest absolute Gasteiger partial charge is 0.490 e. The SMILES string of the molecule is CCn1nc(C)c(CCN(C)c2ccc(NS(=O)(=O)c3cc(C)ccc3C)cc2C(=O)O)c1C.O=C(O)C(F)(F)F. The molecule has 3 rings (SSSR count). The number of aromatic nitrogens is 2. The van der Waals surface area contributed by atoms with Gasteiger partial charge < -0.3 is 15.1 Å². The average molecular weight is 599 g/mol. The minimum Gasteiger partial charge on any atom is -0.478 e. The average Bonchev–Trinajstić information content (AvgIpc) is 3.15. The number of aromatic carboxylic acids is 1.